The number of nitrogens with zero attached hydrogens (tertiary/aromatic N) is 1. The van der Waals surface area contributed by atoms with Gasteiger partial charge >= 0.3 is 6.18 Å². The van der Waals surface area contributed by atoms with Crippen molar-refractivity contribution in [2.45, 2.75) is 18.6 Å². The number of amides is 2. The number of rotatable bonds is 1. The number of carbonyl (C=O) groups is 2. The number of carbonyl (C=O) groups excluding carboxylic acids is 2. The molecule has 2 heterocycles. The molecule has 2 aromatic carbocycles. The molecule has 0 radical (unpaired) electrons. The van der Waals surface area contributed by atoms with Gasteiger partial charge in [-0.3, -0.25) is 14.5 Å². The molecule has 0 aromatic heterocycles. The Balaban J connectivity index is 1.80. The quantitative estimate of drug-likeness (QED) is 0.798. The van der Waals surface area contributed by atoms with Crippen LogP contribution in [0.25, 0.3) is 0 Å². The van der Waals surface area contributed by atoms with Gasteiger partial charge < -0.3 is 5.32 Å². The summed E-state index contributed by atoms with van der Waals surface area (Å²) in [5.41, 5.74) is 0.618. The van der Waals surface area contributed by atoms with E-state index in [0.717, 1.165) is 17.0 Å². The SMILES string of the molecule is O=C1c2ccccc2C(=O)N1[C@@H]1CCNc2ccc(C(F)(F)F)cc21. The molecule has 4 nitrogen and oxygen atoms in total. The topological polar surface area (TPSA) is 49.4 Å². The lowest BCUT2D eigenvalue weighted by Gasteiger charge is -2.33. The third kappa shape index (κ3) is 2.38. The monoisotopic (exact) mass is 346 g/mol. The summed E-state index contributed by atoms with van der Waals surface area (Å²) in [6.45, 7) is 0.469. The van der Waals surface area contributed by atoms with E-state index >= 15 is 0 Å². The maximum atomic E-state index is 13.1. The van der Waals surface area contributed by atoms with Gasteiger partial charge in [-0.2, -0.15) is 13.2 Å². The predicted octanol–water partition coefficient (Wildman–Crippen LogP) is 3.86. The summed E-state index contributed by atoms with van der Waals surface area (Å²) in [6, 6.07) is 9.09. The summed E-state index contributed by atoms with van der Waals surface area (Å²) in [5, 5.41) is 3.03. The Morgan fingerprint density at radius 3 is 2.24 bits per heavy atom. The Bertz CT molecular complexity index is 857. The Morgan fingerprint density at radius 1 is 1.00 bits per heavy atom. The van der Waals surface area contributed by atoms with Gasteiger partial charge in [0.15, 0.2) is 0 Å². The average molecular weight is 346 g/mol. The van der Waals surface area contributed by atoms with Crippen LogP contribution >= 0.6 is 0 Å². The molecule has 2 amide bonds. The lowest BCUT2D eigenvalue weighted by atomic mass is 9.94. The minimum absolute atomic E-state index is 0.291. The molecule has 2 aromatic rings. The number of halogens is 3. The van der Waals surface area contributed by atoms with E-state index in [2.05, 4.69) is 5.32 Å². The van der Waals surface area contributed by atoms with Gasteiger partial charge in [0, 0.05) is 12.2 Å². The maximum absolute atomic E-state index is 13.1. The summed E-state index contributed by atoms with van der Waals surface area (Å²) in [5.74, 6) is -0.924. The molecule has 4 rings (SSSR count). The number of alkyl halides is 3. The molecule has 0 spiro atoms. The minimum atomic E-state index is -4.49. The van der Waals surface area contributed by atoms with Gasteiger partial charge in [0.1, 0.15) is 0 Å². The Labute approximate surface area is 141 Å². The first-order chi connectivity index (χ1) is 11.9. The zero-order valence-corrected chi connectivity index (χ0v) is 12.9. The smallest absolute Gasteiger partial charge is 0.385 e. The lowest BCUT2D eigenvalue weighted by molar-refractivity contribution is -0.137. The largest absolute Gasteiger partial charge is 0.416 e. The normalized spacial score (nSPS) is 19.5. The number of anilines is 1. The van der Waals surface area contributed by atoms with Crippen molar-refractivity contribution in [1.29, 1.82) is 0 Å². The third-order valence-electron chi connectivity index (χ3n) is 4.61. The fraction of sp³-hybridized carbons (Fsp3) is 0.222. The van der Waals surface area contributed by atoms with E-state index in [9.17, 15) is 22.8 Å². The first-order valence-electron chi connectivity index (χ1n) is 7.80. The van der Waals surface area contributed by atoms with Gasteiger partial charge in [-0.1, -0.05) is 12.1 Å². The average Bonchev–Trinajstić information content (AvgIpc) is 2.85. The highest BCUT2D eigenvalue weighted by Crippen LogP contribution is 2.41. The number of hydrogen-bond acceptors (Lipinski definition) is 3. The molecule has 2 aliphatic heterocycles. The zero-order chi connectivity index (χ0) is 17.8. The summed E-state index contributed by atoms with van der Waals surface area (Å²) in [6.07, 6.45) is -4.13. The number of imide groups is 1. The Morgan fingerprint density at radius 2 is 1.64 bits per heavy atom. The van der Waals surface area contributed by atoms with Crippen molar-refractivity contribution in [2.75, 3.05) is 11.9 Å². The fourth-order valence-electron chi connectivity index (χ4n) is 3.43. The van der Waals surface area contributed by atoms with E-state index in [0.29, 0.717) is 35.3 Å². The second-order valence-corrected chi connectivity index (χ2v) is 6.06. The molecule has 0 fully saturated rings. The van der Waals surface area contributed by atoms with Crippen LogP contribution in [0.5, 0.6) is 0 Å². The highest BCUT2D eigenvalue weighted by molar-refractivity contribution is 6.21. The highest BCUT2D eigenvalue weighted by atomic mass is 19.4. The van der Waals surface area contributed by atoms with Crippen LogP contribution in [-0.2, 0) is 6.18 Å². The van der Waals surface area contributed by atoms with Crippen LogP contribution in [0.3, 0.4) is 0 Å². The molecule has 0 aliphatic carbocycles. The van der Waals surface area contributed by atoms with Crippen molar-refractivity contribution in [3.63, 3.8) is 0 Å². The van der Waals surface area contributed by atoms with E-state index in [1.165, 1.54) is 6.07 Å². The van der Waals surface area contributed by atoms with Crippen molar-refractivity contribution in [3.8, 4) is 0 Å². The zero-order valence-electron chi connectivity index (χ0n) is 12.9. The molecule has 7 heteroatoms. The summed E-state index contributed by atoms with van der Waals surface area (Å²) < 4.78 is 39.2. The summed E-state index contributed by atoms with van der Waals surface area (Å²) in [4.78, 5) is 26.4. The fourth-order valence-corrected chi connectivity index (χ4v) is 3.43. The van der Waals surface area contributed by atoms with Crippen LogP contribution in [-0.4, -0.2) is 23.3 Å². The Hall–Kier alpha value is -2.83. The van der Waals surface area contributed by atoms with Gasteiger partial charge in [-0.05, 0) is 42.3 Å². The number of hydrogen-bond donors (Lipinski definition) is 1. The van der Waals surface area contributed by atoms with Gasteiger partial charge in [-0.25, -0.2) is 0 Å². The standard InChI is InChI=1S/C18H13F3N2O2/c19-18(20,21)10-5-6-14-13(9-10)15(7-8-22-14)23-16(24)11-3-1-2-4-12(11)17(23)25/h1-6,9,15,22H,7-8H2/t15-/m1/s1. The molecule has 0 saturated carbocycles. The molecule has 0 bridgehead atoms. The van der Waals surface area contributed by atoms with Gasteiger partial charge in [0.05, 0.1) is 22.7 Å². The van der Waals surface area contributed by atoms with Crippen molar-refractivity contribution < 1.29 is 22.8 Å². The lowest BCUT2D eigenvalue weighted by Crippen LogP contribution is -2.37. The van der Waals surface area contributed by atoms with Crippen molar-refractivity contribution in [1.82, 2.24) is 4.90 Å². The number of benzene rings is 2. The summed E-state index contributed by atoms with van der Waals surface area (Å²) in [7, 11) is 0. The van der Waals surface area contributed by atoms with E-state index in [1.54, 1.807) is 24.3 Å². The van der Waals surface area contributed by atoms with Crippen molar-refractivity contribution in [2.24, 2.45) is 0 Å². The highest BCUT2D eigenvalue weighted by Gasteiger charge is 2.42. The van der Waals surface area contributed by atoms with Crippen LogP contribution in [0, 0.1) is 0 Å². The second kappa shape index (κ2) is 5.34. The summed E-state index contributed by atoms with van der Waals surface area (Å²) >= 11 is 0. The van der Waals surface area contributed by atoms with Gasteiger partial charge in [0.2, 0.25) is 0 Å². The van der Waals surface area contributed by atoms with E-state index in [1.807, 2.05) is 0 Å². The molecule has 2 aliphatic rings. The van der Waals surface area contributed by atoms with Crippen LogP contribution in [0.1, 0.15) is 44.3 Å². The van der Waals surface area contributed by atoms with Gasteiger partial charge in [-0.15, -0.1) is 0 Å². The van der Waals surface area contributed by atoms with E-state index in [-0.39, 0.29) is 0 Å². The van der Waals surface area contributed by atoms with Crippen molar-refractivity contribution in [3.05, 3.63) is 64.7 Å². The van der Waals surface area contributed by atoms with Crippen LogP contribution in [0.4, 0.5) is 18.9 Å². The number of fused-ring (bicyclic) bond motifs is 2. The molecule has 1 atom stereocenters. The number of nitrogens with one attached hydrogen (secondary N) is 1. The van der Waals surface area contributed by atoms with E-state index < -0.39 is 29.6 Å². The second-order valence-electron chi connectivity index (χ2n) is 6.06. The molecule has 1 N–H and O–H groups in total. The molecule has 25 heavy (non-hydrogen) atoms. The first-order valence-corrected chi connectivity index (χ1v) is 7.80. The molecule has 128 valence electrons. The van der Waals surface area contributed by atoms with Gasteiger partial charge in [0.25, 0.3) is 11.8 Å². The molecular weight excluding hydrogens is 333 g/mol. The van der Waals surface area contributed by atoms with Crippen molar-refractivity contribution >= 4 is 17.5 Å². The first kappa shape index (κ1) is 15.7. The Kier molecular flexibility index (Phi) is 3.35. The van der Waals surface area contributed by atoms with Crippen LogP contribution in [0.2, 0.25) is 0 Å². The minimum Gasteiger partial charge on any atom is -0.385 e. The van der Waals surface area contributed by atoms with Crippen LogP contribution < -0.4 is 5.32 Å². The maximum Gasteiger partial charge on any atom is 0.416 e. The van der Waals surface area contributed by atoms with Crippen LogP contribution in [0.15, 0.2) is 42.5 Å². The molecule has 0 saturated heterocycles. The predicted molar refractivity (Wildman–Crippen MR) is 84.2 cm³/mol. The molecule has 0 unspecified atom stereocenters. The molecular formula is C18H13F3N2O2. The third-order valence-corrected chi connectivity index (χ3v) is 4.61. The van der Waals surface area contributed by atoms with E-state index in [4.69, 9.17) is 0 Å².